The normalized spacial score (nSPS) is 18.1. The van der Waals surface area contributed by atoms with Gasteiger partial charge >= 0.3 is 0 Å². The van der Waals surface area contributed by atoms with Crippen molar-refractivity contribution in [1.29, 1.82) is 5.26 Å². The molecule has 16 heavy (non-hydrogen) atoms. The highest BCUT2D eigenvalue weighted by Gasteiger charge is 2.41. The molecule has 1 fully saturated rings. The molecular weight excluding hydrogens is 196 g/mol. The first-order valence-electron chi connectivity index (χ1n) is 6.58. The first kappa shape index (κ1) is 13.5. The monoisotopic (exact) mass is 222 g/mol. The smallest absolute Gasteiger partial charge is 0.0628 e. The van der Waals surface area contributed by atoms with Crippen molar-refractivity contribution in [2.24, 2.45) is 23.2 Å². The summed E-state index contributed by atoms with van der Waals surface area (Å²) in [7, 11) is 0. The predicted molar refractivity (Wildman–Crippen MR) is 67.9 cm³/mol. The molecule has 0 spiro atoms. The summed E-state index contributed by atoms with van der Waals surface area (Å²) < 4.78 is 0. The molecule has 0 heterocycles. The quantitative estimate of drug-likeness (QED) is 0.718. The van der Waals surface area contributed by atoms with Crippen molar-refractivity contribution < 1.29 is 0 Å². The highest BCUT2D eigenvalue weighted by molar-refractivity contribution is 5.00. The van der Waals surface area contributed by atoms with Gasteiger partial charge in [-0.15, -0.1) is 0 Å². The van der Waals surface area contributed by atoms with Crippen LogP contribution in [0.3, 0.4) is 0 Å². The summed E-state index contributed by atoms with van der Waals surface area (Å²) >= 11 is 0. The average molecular weight is 222 g/mol. The fraction of sp³-hybridized carbons (Fsp3) is 0.929. The van der Waals surface area contributed by atoms with Crippen molar-refractivity contribution >= 4 is 0 Å². The second-order valence-electron chi connectivity index (χ2n) is 6.12. The third-order valence-corrected chi connectivity index (χ3v) is 4.00. The minimum Gasteiger partial charge on any atom is -0.316 e. The van der Waals surface area contributed by atoms with E-state index >= 15 is 0 Å². The molecule has 0 radical (unpaired) electrons. The van der Waals surface area contributed by atoms with Crippen molar-refractivity contribution in [3.05, 3.63) is 0 Å². The fourth-order valence-corrected chi connectivity index (χ4v) is 2.51. The Morgan fingerprint density at radius 2 is 1.75 bits per heavy atom. The van der Waals surface area contributed by atoms with Crippen LogP contribution < -0.4 is 5.32 Å². The Morgan fingerprint density at radius 3 is 2.12 bits per heavy atom. The van der Waals surface area contributed by atoms with Gasteiger partial charge < -0.3 is 5.32 Å². The summed E-state index contributed by atoms with van der Waals surface area (Å²) in [6.07, 6.45) is 3.21. The lowest BCUT2D eigenvalue weighted by molar-refractivity contribution is 0.268. The van der Waals surface area contributed by atoms with Gasteiger partial charge in [-0.05, 0) is 42.6 Å². The Balaban J connectivity index is 2.26. The Kier molecular flexibility index (Phi) is 4.80. The number of hydrogen-bond donors (Lipinski definition) is 1. The second kappa shape index (κ2) is 5.68. The van der Waals surface area contributed by atoms with Crippen LogP contribution in [0, 0.1) is 34.5 Å². The van der Waals surface area contributed by atoms with Gasteiger partial charge in [0.1, 0.15) is 0 Å². The van der Waals surface area contributed by atoms with E-state index in [1.54, 1.807) is 0 Å². The van der Waals surface area contributed by atoms with Crippen LogP contribution in [0.2, 0.25) is 0 Å². The van der Waals surface area contributed by atoms with E-state index < -0.39 is 0 Å². The van der Waals surface area contributed by atoms with Crippen LogP contribution in [0.5, 0.6) is 0 Å². The maximum Gasteiger partial charge on any atom is 0.0628 e. The summed E-state index contributed by atoms with van der Waals surface area (Å²) in [5.41, 5.74) is 0.341. The van der Waals surface area contributed by atoms with Crippen molar-refractivity contribution in [3.63, 3.8) is 0 Å². The zero-order valence-corrected chi connectivity index (χ0v) is 11.2. The Hall–Kier alpha value is -0.550. The molecule has 0 aromatic heterocycles. The minimum atomic E-state index is 0.341. The summed E-state index contributed by atoms with van der Waals surface area (Å²) in [5.74, 6) is 2.22. The standard InChI is InChI=1S/C14H26N2/c1-11(2)13(12(3)4)9-16-10-14(5-6-14)7-8-15/h11-13,16H,5-7,9-10H2,1-4H3. The van der Waals surface area contributed by atoms with Gasteiger partial charge in [0.05, 0.1) is 6.07 Å². The van der Waals surface area contributed by atoms with Crippen LogP contribution in [-0.2, 0) is 0 Å². The summed E-state index contributed by atoms with van der Waals surface area (Å²) in [4.78, 5) is 0. The molecule has 0 aromatic carbocycles. The van der Waals surface area contributed by atoms with Crippen LogP contribution in [0.25, 0.3) is 0 Å². The Bertz CT molecular complexity index is 238. The molecule has 0 bridgehead atoms. The van der Waals surface area contributed by atoms with E-state index in [2.05, 4.69) is 39.1 Å². The van der Waals surface area contributed by atoms with Crippen LogP contribution >= 0.6 is 0 Å². The van der Waals surface area contributed by atoms with Gasteiger partial charge in [0.15, 0.2) is 0 Å². The van der Waals surface area contributed by atoms with Crippen LogP contribution in [-0.4, -0.2) is 13.1 Å². The van der Waals surface area contributed by atoms with Crippen molar-refractivity contribution in [2.75, 3.05) is 13.1 Å². The fourth-order valence-electron chi connectivity index (χ4n) is 2.51. The van der Waals surface area contributed by atoms with E-state index in [4.69, 9.17) is 5.26 Å². The van der Waals surface area contributed by atoms with E-state index in [1.807, 2.05) is 0 Å². The van der Waals surface area contributed by atoms with Crippen LogP contribution in [0.4, 0.5) is 0 Å². The maximum absolute atomic E-state index is 8.75. The van der Waals surface area contributed by atoms with E-state index in [9.17, 15) is 0 Å². The highest BCUT2D eigenvalue weighted by Crippen LogP contribution is 2.47. The van der Waals surface area contributed by atoms with Crippen molar-refractivity contribution in [1.82, 2.24) is 5.32 Å². The lowest BCUT2D eigenvalue weighted by atomic mass is 9.85. The SMILES string of the molecule is CC(C)C(CNCC1(CC#N)CC1)C(C)C. The number of hydrogen-bond acceptors (Lipinski definition) is 2. The molecule has 0 saturated heterocycles. The molecule has 0 atom stereocenters. The third-order valence-electron chi connectivity index (χ3n) is 4.00. The molecule has 0 unspecified atom stereocenters. The summed E-state index contributed by atoms with van der Waals surface area (Å²) in [6, 6.07) is 2.31. The van der Waals surface area contributed by atoms with Gasteiger partial charge in [0, 0.05) is 13.0 Å². The molecule has 1 aliphatic rings. The minimum absolute atomic E-state index is 0.341. The van der Waals surface area contributed by atoms with Crippen LogP contribution in [0.15, 0.2) is 0 Å². The van der Waals surface area contributed by atoms with E-state index in [1.165, 1.54) is 12.8 Å². The molecule has 0 aromatic rings. The molecule has 1 N–H and O–H groups in total. The van der Waals surface area contributed by atoms with Crippen LogP contribution in [0.1, 0.15) is 47.0 Å². The topological polar surface area (TPSA) is 35.8 Å². The van der Waals surface area contributed by atoms with Gasteiger partial charge in [-0.1, -0.05) is 27.7 Å². The molecule has 0 aliphatic heterocycles. The van der Waals surface area contributed by atoms with E-state index in [-0.39, 0.29) is 0 Å². The number of rotatable bonds is 7. The van der Waals surface area contributed by atoms with Gasteiger partial charge in [-0.25, -0.2) is 0 Å². The molecule has 92 valence electrons. The Morgan fingerprint density at radius 1 is 1.19 bits per heavy atom. The molecule has 1 saturated carbocycles. The van der Waals surface area contributed by atoms with Gasteiger partial charge in [-0.2, -0.15) is 5.26 Å². The van der Waals surface area contributed by atoms with E-state index in [0.717, 1.165) is 37.3 Å². The predicted octanol–water partition coefficient (Wildman–Crippen LogP) is 3.20. The van der Waals surface area contributed by atoms with Crippen molar-refractivity contribution in [2.45, 2.75) is 47.0 Å². The van der Waals surface area contributed by atoms with E-state index in [0.29, 0.717) is 5.41 Å². The Labute approximate surface area is 100 Å². The average Bonchev–Trinajstić information content (AvgIpc) is 2.92. The summed E-state index contributed by atoms with van der Waals surface area (Å²) in [5, 5.41) is 12.3. The largest absolute Gasteiger partial charge is 0.316 e. The molecule has 1 rings (SSSR count). The molecule has 1 aliphatic carbocycles. The lowest BCUT2D eigenvalue weighted by Gasteiger charge is -2.26. The van der Waals surface area contributed by atoms with Gasteiger partial charge in [0.2, 0.25) is 0 Å². The zero-order chi connectivity index (χ0) is 12.2. The molecule has 2 heteroatoms. The number of nitrogens with zero attached hydrogens (tertiary/aromatic N) is 1. The zero-order valence-electron chi connectivity index (χ0n) is 11.2. The number of nitriles is 1. The molecule has 0 amide bonds. The second-order valence-corrected chi connectivity index (χ2v) is 6.12. The van der Waals surface area contributed by atoms with Gasteiger partial charge in [0.25, 0.3) is 0 Å². The van der Waals surface area contributed by atoms with Crippen molar-refractivity contribution in [3.8, 4) is 6.07 Å². The molecule has 2 nitrogen and oxygen atoms in total. The third kappa shape index (κ3) is 3.79. The maximum atomic E-state index is 8.75. The highest BCUT2D eigenvalue weighted by atomic mass is 14.9. The van der Waals surface area contributed by atoms with Gasteiger partial charge in [-0.3, -0.25) is 0 Å². The summed E-state index contributed by atoms with van der Waals surface area (Å²) in [6.45, 7) is 11.3. The first-order valence-corrected chi connectivity index (χ1v) is 6.58. The lowest BCUT2D eigenvalue weighted by Crippen LogP contribution is -2.33. The number of nitrogens with one attached hydrogen (secondary N) is 1. The first-order chi connectivity index (χ1) is 7.51. The molecular formula is C14H26N2.